The molecule has 1 aliphatic heterocycles. The summed E-state index contributed by atoms with van der Waals surface area (Å²) in [6, 6.07) is 17.9. The first-order valence-electron chi connectivity index (χ1n) is 15.5. The predicted molar refractivity (Wildman–Crippen MR) is 167 cm³/mol. The van der Waals surface area contributed by atoms with E-state index in [2.05, 4.69) is 10.2 Å². The highest BCUT2D eigenvalue weighted by molar-refractivity contribution is 5.96. The van der Waals surface area contributed by atoms with Crippen LogP contribution in [0.1, 0.15) is 66.1 Å². The van der Waals surface area contributed by atoms with Crippen LogP contribution in [0.4, 0.5) is 13.2 Å². The van der Waals surface area contributed by atoms with E-state index < -0.39 is 23.9 Å². The summed E-state index contributed by atoms with van der Waals surface area (Å²) in [5, 5.41) is 14.3. The van der Waals surface area contributed by atoms with Gasteiger partial charge in [-0.05, 0) is 98.9 Å². The first-order chi connectivity index (χ1) is 22.1. The molecule has 0 bridgehead atoms. The van der Waals surface area contributed by atoms with Crippen molar-refractivity contribution in [1.82, 2.24) is 10.2 Å². The van der Waals surface area contributed by atoms with Crippen LogP contribution in [-0.2, 0) is 11.0 Å². The molecule has 46 heavy (non-hydrogen) atoms. The van der Waals surface area contributed by atoms with Gasteiger partial charge in [-0.15, -0.1) is 0 Å². The summed E-state index contributed by atoms with van der Waals surface area (Å²) >= 11 is 0. The average molecular weight is 643 g/mol. The van der Waals surface area contributed by atoms with E-state index in [1.54, 1.807) is 55.6 Å². The smallest absolute Gasteiger partial charge is 0.416 e. The second-order valence-corrected chi connectivity index (χ2v) is 11.3. The first kappa shape index (κ1) is 34.8. The highest BCUT2D eigenvalue weighted by atomic mass is 19.4. The Morgan fingerprint density at radius 2 is 1.50 bits per heavy atom. The summed E-state index contributed by atoms with van der Waals surface area (Å²) < 4.78 is 54.9. The molecule has 1 saturated heterocycles. The van der Waals surface area contributed by atoms with Crippen molar-refractivity contribution >= 4 is 11.7 Å². The molecule has 3 aromatic rings. The number of unbranched alkanes of at least 4 members (excludes halogenated alkanes) is 1. The molecule has 1 heterocycles. The number of carbonyl (C=O) groups excluding carboxylic acids is 2. The number of likely N-dealkylation sites (tertiary alicyclic amines) is 1. The molecule has 8 nitrogen and oxygen atoms in total. The fourth-order valence-electron chi connectivity index (χ4n) is 5.31. The summed E-state index contributed by atoms with van der Waals surface area (Å²) in [5.41, 5.74) is 0.442. The Morgan fingerprint density at radius 1 is 0.870 bits per heavy atom. The highest BCUT2D eigenvalue weighted by Crippen LogP contribution is 2.31. The minimum Gasteiger partial charge on any atom is -0.497 e. The van der Waals surface area contributed by atoms with Gasteiger partial charge in [0, 0.05) is 24.9 Å². The number of alkyl halides is 3. The summed E-state index contributed by atoms with van der Waals surface area (Å²) in [6.07, 6.45) is -1.56. The molecule has 3 aromatic carbocycles. The van der Waals surface area contributed by atoms with Gasteiger partial charge in [0.2, 0.25) is 5.91 Å². The van der Waals surface area contributed by atoms with Crippen molar-refractivity contribution in [2.75, 3.05) is 40.0 Å². The molecule has 2 N–H and O–H groups in total. The van der Waals surface area contributed by atoms with Gasteiger partial charge >= 0.3 is 6.18 Å². The average Bonchev–Trinajstić information content (AvgIpc) is 3.58. The monoisotopic (exact) mass is 642 g/mol. The van der Waals surface area contributed by atoms with Crippen LogP contribution in [0.2, 0.25) is 0 Å². The fraction of sp³-hybridized carbons (Fsp3) is 0.429. The van der Waals surface area contributed by atoms with E-state index in [1.165, 1.54) is 12.1 Å². The molecule has 0 spiro atoms. The summed E-state index contributed by atoms with van der Waals surface area (Å²) in [7, 11) is 1.57. The first-order valence-corrected chi connectivity index (χ1v) is 15.5. The molecule has 0 saturated carbocycles. The van der Waals surface area contributed by atoms with Crippen molar-refractivity contribution in [3.63, 3.8) is 0 Å². The Hall–Kier alpha value is -4.09. The van der Waals surface area contributed by atoms with Crippen molar-refractivity contribution in [3.05, 3.63) is 89.5 Å². The van der Waals surface area contributed by atoms with E-state index >= 15 is 0 Å². The largest absolute Gasteiger partial charge is 0.497 e. The molecule has 0 aliphatic carbocycles. The number of methoxy groups -OCH3 is 1. The van der Waals surface area contributed by atoms with E-state index in [0.29, 0.717) is 48.4 Å². The number of carbonyl (C=O) groups is 2. The van der Waals surface area contributed by atoms with Crippen molar-refractivity contribution in [2.24, 2.45) is 0 Å². The molecule has 0 radical (unpaired) electrons. The Bertz CT molecular complexity index is 1390. The lowest BCUT2D eigenvalue weighted by Crippen LogP contribution is -2.46. The van der Waals surface area contributed by atoms with E-state index in [4.69, 9.17) is 14.2 Å². The van der Waals surface area contributed by atoms with Crippen LogP contribution >= 0.6 is 0 Å². The number of ether oxygens (including phenoxy) is 3. The van der Waals surface area contributed by atoms with Gasteiger partial charge in [0.25, 0.3) is 0 Å². The SMILES string of the molecule is COc1ccc(C(=O)CCCCC(=O)N[C@H](CN2CCCC2)[C@H](O)c2ccc(OCCOc3cccc(C(F)(F)F)c3)cc2)cc1. The minimum absolute atomic E-state index is 0.0149. The summed E-state index contributed by atoms with van der Waals surface area (Å²) in [4.78, 5) is 27.6. The van der Waals surface area contributed by atoms with E-state index in [0.717, 1.165) is 38.1 Å². The second kappa shape index (κ2) is 17.0. The van der Waals surface area contributed by atoms with Gasteiger partial charge in [-0.25, -0.2) is 0 Å². The number of hydrogen-bond acceptors (Lipinski definition) is 7. The third-order valence-corrected chi connectivity index (χ3v) is 7.85. The predicted octanol–water partition coefficient (Wildman–Crippen LogP) is 6.23. The fourth-order valence-corrected chi connectivity index (χ4v) is 5.31. The highest BCUT2D eigenvalue weighted by Gasteiger charge is 2.30. The number of ketones is 1. The topological polar surface area (TPSA) is 97.3 Å². The number of benzene rings is 3. The van der Waals surface area contributed by atoms with Crippen LogP contribution in [0.25, 0.3) is 0 Å². The molecular weight excluding hydrogens is 601 g/mol. The van der Waals surface area contributed by atoms with Crippen LogP contribution in [0.3, 0.4) is 0 Å². The van der Waals surface area contributed by atoms with Crippen LogP contribution in [-0.4, -0.2) is 67.7 Å². The molecule has 1 fully saturated rings. The van der Waals surface area contributed by atoms with E-state index in [1.807, 2.05) is 0 Å². The van der Waals surface area contributed by atoms with Crippen molar-refractivity contribution < 1.29 is 42.1 Å². The molecule has 0 unspecified atom stereocenters. The van der Waals surface area contributed by atoms with Crippen LogP contribution in [0.5, 0.6) is 17.2 Å². The van der Waals surface area contributed by atoms with E-state index in [-0.39, 0.29) is 37.1 Å². The number of amides is 1. The lowest BCUT2D eigenvalue weighted by molar-refractivity contribution is -0.137. The van der Waals surface area contributed by atoms with Crippen LogP contribution in [0.15, 0.2) is 72.8 Å². The molecule has 1 amide bonds. The van der Waals surface area contributed by atoms with E-state index in [9.17, 15) is 27.9 Å². The second-order valence-electron chi connectivity index (χ2n) is 11.3. The molecule has 248 valence electrons. The molecule has 4 rings (SSSR count). The Morgan fingerprint density at radius 3 is 2.15 bits per heavy atom. The van der Waals surface area contributed by atoms with Gasteiger partial charge < -0.3 is 29.5 Å². The summed E-state index contributed by atoms with van der Waals surface area (Å²) in [5.74, 6) is 1.13. The molecular formula is C35H41F3N2O6. The van der Waals surface area contributed by atoms with Crippen molar-refractivity contribution in [1.29, 1.82) is 0 Å². The van der Waals surface area contributed by atoms with Gasteiger partial charge in [-0.1, -0.05) is 18.2 Å². The zero-order valence-electron chi connectivity index (χ0n) is 25.9. The quantitative estimate of drug-likeness (QED) is 0.133. The van der Waals surface area contributed by atoms with Gasteiger partial charge in [0.15, 0.2) is 5.78 Å². The standard InChI is InChI=1S/C35H41F3N2O6/c1-44-28-15-11-25(12-16-28)32(41)9-2-3-10-33(42)39-31(24-40-19-4-5-20-40)34(43)26-13-17-29(18-14-26)45-21-22-46-30-8-6-7-27(23-30)35(36,37)38/h6-8,11-18,23,31,34,43H,2-5,9-10,19-22,24H2,1H3,(H,39,42)/t31-,34-/m1/s1. The molecule has 1 aliphatic rings. The van der Waals surface area contributed by atoms with Crippen LogP contribution in [0, 0.1) is 0 Å². The molecule has 11 heteroatoms. The number of nitrogens with one attached hydrogen (secondary N) is 1. The number of aliphatic hydroxyl groups is 1. The normalized spacial score (nSPS) is 14.8. The number of Topliss-reactive ketones (excluding diaryl/α,β-unsaturated/α-hetero) is 1. The lowest BCUT2D eigenvalue weighted by Gasteiger charge is -2.29. The maximum absolute atomic E-state index is 12.9. The maximum atomic E-state index is 12.9. The van der Waals surface area contributed by atoms with Gasteiger partial charge in [-0.3, -0.25) is 9.59 Å². The zero-order valence-corrected chi connectivity index (χ0v) is 25.9. The zero-order chi connectivity index (χ0) is 32.9. The third-order valence-electron chi connectivity index (χ3n) is 7.85. The number of rotatable bonds is 17. The Labute approximate surface area is 267 Å². The van der Waals surface area contributed by atoms with Gasteiger partial charge in [0.05, 0.1) is 18.7 Å². The Kier molecular flexibility index (Phi) is 12.9. The summed E-state index contributed by atoms with van der Waals surface area (Å²) in [6.45, 7) is 2.47. The van der Waals surface area contributed by atoms with Crippen molar-refractivity contribution in [3.8, 4) is 17.2 Å². The molecule has 2 atom stereocenters. The minimum atomic E-state index is -4.45. The maximum Gasteiger partial charge on any atom is 0.416 e. The van der Waals surface area contributed by atoms with Gasteiger partial charge in [-0.2, -0.15) is 13.2 Å². The number of halogens is 3. The number of nitrogens with zero attached hydrogens (tertiary/aromatic N) is 1. The number of aliphatic hydroxyl groups excluding tert-OH is 1. The Balaban J connectivity index is 1.24. The lowest BCUT2D eigenvalue weighted by atomic mass is 10.0. The third kappa shape index (κ3) is 10.8. The van der Waals surface area contributed by atoms with Gasteiger partial charge in [0.1, 0.15) is 36.6 Å². The van der Waals surface area contributed by atoms with Crippen molar-refractivity contribution in [2.45, 2.75) is 56.8 Å². The van der Waals surface area contributed by atoms with Crippen LogP contribution < -0.4 is 19.5 Å². The number of hydrogen-bond donors (Lipinski definition) is 2. The molecule has 0 aromatic heterocycles.